The number of nitrogens with zero attached hydrogens (tertiary/aromatic N) is 2. The molecular weight excluding hydrogens is 190 g/mol. The average molecular weight is 211 g/mol. The maximum absolute atomic E-state index is 5.86. The zero-order valence-corrected chi connectivity index (χ0v) is 10.1. The first-order valence-electron chi connectivity index (χ1n) is 5.48. The molecule has 1 aromatic rings. The van der Waals surface area contributed by atoms with Gasteiger partial charge in [-0.1, -0.05) is 20.3 Å². The van der Waals surface area contributed by atoms with E-state index in [2.05, 4.69) is 18.9 Å². The van der Waals surface area contributed by atoms with Gasteiger partial charge in [-0.25, -0.2) is 4.68 Å². The van der Waals surface area contributed by atoms with Crippen molar-refractivity contribution in [3.8, 4) is 5.88 Å². The van der Waals surface area contributed by atoms with Crippen LogP contribution in [0.1, 0.15) is 32.4 Å². The number of aromatic nitrogens is 2. The van der Waals surface area contributed by atoms with E-state index in [1.165, 1.54) is 12.8 Å². The van der Waals surface area contributed by atoms with Crippen molar-refractivity contribution in [1.29, 1.82) is 0 Å². The Bertz CT molecular complexity index is 320. The number of nitrogen functional groups attached to an aromatic ring is 1. The molecule has 0 aromatic carbocycles. The van der Waals surface area contributed by atoms with Gasteiger partial charge in [0.05, 0.1) is 12.3 Å². The SMILES string of the molecule is CCCC(C)COc1c(N)c(C)nn1C. The third-order valence-corrected chi connectivity index (χ3v) is 2.50. The Morgan fingerprint density at radius 2 is 2.20 bits per heavy atom. The van der Waals surface area contributed by atoms with Gasteiger partial charge in [0.15, 0.2) is 0 Å². The summed E-state index contributed by atoms with van der Waals surface area (Å²) in [6.07, 6.45) is 2.36. The predicted molar refractivity (Wildman–Crippen MR) is 61.9 cm³/mol. The van der Waals surface area contributed by atoms with E-state index in [4.69, 9.17) is 10.5 Å². The standard InChI is InChI=1S/C11H21N3O/c1-5-6-8(2)7-15-11-10(12)9(3)13-14(11)4/h8H,5-7,12H2,1-4H3. The number of nitrogens with two attached hydrogens (primary N) is 1. The fourth-order valence-electron chi connectivity index (χ4n) is 1.62. The summed E-state index contributed by atoms with van der Waals surface area (Å²) in [5.41, 5.74) is 7.34. The Labute approximate surface area is 91.4 Å². The van der Waals surface area contributed by atoms with E-state index < -0.39 is 0 Å². The molecule has 0 saturated heterocycles. The molecule has 4 heteroatoms. The van der Waals surface area contributed by atoms with E-state index in [-0.39, 0.29) is 0 Å². The van der Waals surface area contributed by atoms with E-state index in [1.807, 2.05) is 14.0 Å². The highest BCUT2D eigenvalue weighted by molar-refractivity contribution is 5.52. The molecule has 0 saturated carbocycles. The molecule has 86 valence electrons. The molecule has 0 aliphatic heterocycles. The molecule has 1 rings (SSSR count). The van der Waals surface area contributed by atoms with Crippen molar-refractivity contribution in [2.75, 3.05) is 12.3 Å². The van der Waals surface area contributed by atoms with E-state index >= 15 is 0 Å². The summed E-state index contributed by atoms with van der Waals surface area (Å²) in [4.78, 5) is 0. The summed E-state index contributed by atoms with van der Waals surface area (Å²) in [6.45, 7) is 6.96. The second-order valence-corrected chi connectivity index (χ2v) is 4.13. The van der Waals surface area contributed by atoms with Crippen molar-refractivity contribution in [2.24, 2.45) is 13.0 Å². The molecule has 1 atom stereocenters. The van der Waals surface area contributed by atoms with Crippen LogP contribution in [0.25, 0.3) is 0 Å². The third kappa shape index (κ3) is 2.88. The fraction of sp³-hybridized carbons (Fsp3) is 0.727. The molecule has 0 aliphatic rings. The highest BCUT2D eigenvalue weighted by atomic mass is 16.5. The van der Waals surface area contributed by atoms with Gasteiger partial charge in [-0.2, -0.15) is 5.10 Å². The Morgan fingerprint density at radius 1 is 1.53 bits per heavy atom. The molecule has 1 unspecified atom stereocenters. The van der Waals surface area contributed by atoms with Crippen LogP contribution in [0.3, 0.4) is 0 Å². The van der Waals surface area contributed by atoms with Crippen LogP contribution in [0.5, 0.6) is 5.88 Å². The minimum atomic E-state index is 0.560. The topological polar surface area (TPSA) is 53.1 Å². The molecule has 1 aromatic heterocycles. The summed E-state index contributed by atoms with van der Waals surface area (Å²) >= 11 is 0. The monoisotopic (exact) mass is 211 g/mol. The first-order chi connectivity index (χ1) is 7.06. The largest absolute Gasteiger partial charge is 0.476 e. The lowest BCUT2D eigenvalue weighted by atomic mass is 10.1. The first-order valence-corrected chi connectivity index (χ1v) is 5.48. The molecule has 0 aliphatic carbocycles. The van der Waals surface area contributed by atoms with Crippen molar-refractivity contribution in [3.05, 3.63) is 5.69 Å². The zero-order chi connectivity index (χ0) is 11.4. The van der Waals surface area contributed by atoms with Crippen molar-refractivity contribution < 1.29 is 4.74 Å². The number of ether oxygens (including phenoxy) is 1. The van der Waals surface area contributed by atoms with Gasteiger partial charge in [-0.3, -0.25) is 0 Å². The molecule has 1 heterocycles. The lowest BCUT2D eigenvalue weighted by molar-refractivity contribution is 0.234. The summed E-state index contributed by atoms with van der Waals surface area (Å²) < 4.78 is 7.38. The Morgan fingerprint density at radius 3 is 2.67 bits per heavy atom. The Kier molecular flexibility index (Phi) is 4.00. The minimum absolute atomic E-state index is 0.560. The predicted octanol–water partition coefficient (Wildman–Crippen LogP) is 2.13. The number of hydrogen-bond acceptors (Lipinski definition) is 3. The smallest absolute Gasteiger partial charge is 0.235 e. The van der Waals surface area contributed by atoms with Crippen LogP contribution in [0, 0.1) is 12.8 Å². The van der Waals surface area contributed by atoms with Crippen LogP contribution in [0.4, 0.5) is 5.69 Å². The van der Waals surface area contributed by atoms with Gasteiger partial charge in [0, 0.05) is 7.05 Å². The van der Waals surface area contributed by atoms with Gasteiger partial charge in [0.25, 0.3) is 0 Å². The average Bonchev–Trinajstić information content (AvgIpc) is 2.40. The van der Waals surface area contributed by atoms with Crippen LogP contribution >= 0.6 is 0 Å². The van der Waals surface area contributed by atoms with Crippen LogP contribution < -0.4 is 10.5 Å². The zero-order valence-electron chi connectivity index (χ0n) is 10.1. The lowest BCUT2D eigenvalue weighted by Crippen LogP contribution is -2.11. The first kappa shape index (κ1) is 11.9. The summed E-state index contributed by atoms with van der Waals surface area (Å²) in [7, 11) is 1.85. The lowest BCUT2D eigenvalue weighted by Gasteiger charge is -2.12. The molecule has 0 spiro atoms. The second-order valence-electron chi connectivity index (χ2n) is 4.13. The highest BCUT2D eigenvalue weighted by Gasteiger charge is 2.12. The third-order valence-electron chi connectivity index (χ3n) is 2.50. The van der Waals surface area contributed by atoms with Gasteiger partial charge in [-0.05, 0) is 19.3 Å². The normalized spacial score (nSPS) is 12.8. The molecule has 2 N–H and O–H groups in total. The number of rotatable bonds is 5. The molecule has 0 fully saturated rings. The summed E-state index contributed by atoms with van der Waals surface area (Å²) in [6, 6.07) is 0. The Balaban J connectivity index is 2.57. The van der Waals surface area contributed by atoms with Gasteiger partial charge in [0.2, 0.25) is 5.88 Å². The molecule has 15 heavy (non-hydrogen) atoms. The van der Waals surface area contributed by atoms with E-state index in [0.717, 1.165) is 5.69 Å². The quantitative estimate of drug-likeness (QED) is 0.811. The van der Waals surface area contributed by atoms with Crippen molar-refractivity contribution in [3.63, 3.8) is 0 Å². The molecule has 4 nitrogen and oxygen atoms in total. The van der Waals surface area contributed by atoms with E-state index in [9.17, 15) is 0 Å². The fourth-order valence-corrected chi connectivity index (χ4v) is 1.62. The van der Waals surface area contributed by atoms with Gasteiger partial charge in [0.1, 0.15) is 5.69 Å². The second kappa shape index (κ2) is 5.05. The van der Waals surface area contributed by atoms with Crippen LogP contribution in [0.15, 0.2) is 0 Å². The Hall–Kier alpha value is -1.19. The van der Waals surface area contributed by atoms with Crippen LogP contribution in [-0.4, -0.2) is 16.4 Å². The maximum Gasteiger partial charge on any atom is 0.235 e. The summed E-state index contributed by atoms with van der Waals surface area (Å²) in [5, 5.41) is 4.20. The van der Waals surface area contributed by atoms with Gasteiger partial charge in [-0.15, -0.1) is 0 Å². The minimum Gasteiger partial charge on any atom is -0.476 e. The van der Waals surface area contributed by atoms with Crippen LogP contribution in [-0.2, 0) is 7.05 Å². The van der Waals surface area contributed by atoms with Crippen LogP contribution in [0.2, 0.25) is 0 Å². The van der Waals surface area contributed by atoms with Crippen molar-refractivity contribution in [2.45, 2.75) is 33.6 Å². The number of anilines is 1. The molecular formula is C11H21N3O. The van der Waals surface area contributed by atoms with E-state index in [1.54, 1.807) is 4.68 Å². The maximum atomic E-state index is 5.86. The highest BCUT2D eigenvalue weighted by Crippen LogP contribution is 2.24. The van der Waals surface area contributed by atoms with Gasteiger partial charge < -0.3 is 10.5 Å². The number of hydrogen-bond donors (Lipinski definition) is 1. The van der Waals surface area contributed by atoms with Crippen molar-refractivity contribution >= 4 is 5.69 Å². The van der Waals surface area contributed by atoms with Crippen molar-refractivity contribution in [1.82, 2.24) is 9.78 Å². The number of aryl methyl sites for hydroxylation is 2. The van der Waals surface area contributed by atoms with E-state index in [0.29, 0.717) is 24.1 Å². The summed E-state index contributed by atoms with van der Waals surface area (Å²) in [5.74, 6) is 1.25. The molecule has 0 amide bonds. The molecule has 0 radical (unpaired) electrons. The van der Waals surface area contributed by atoms with Gasteiger partial charge >= 0.3 is 0 Å². The molecule has 0 bridgehead atoms.